The Bertz CT molecular complexity index is 472. The molecular formula is C17H24N2O2. The molecule has 1 fully saturated rings. The number of nitrogens with zero attached hydrogens (tertiary/aromatic N) is 1. The third-order valence-electron chi connectivity index (χ3n) is 3.60. The highest BCUT2D eigenvalue weighted by atomic mass is 16.5. The first kappa shape index (κ1) is 15.5. The summed E-state index contributed by atoms with van der Waals surface area (Å²) in [4.78, 5) is 11.7. The summed E-state index contributed by atoms with van der Waals surface area (Å²) in [5.41, 5.74) is 4.96. The van der Waals surface area contributed by atoms with Crippen molar-refractivity contribution in [3.05, 3.63) is 29.8 Å². The highest BCUT2D eigenvalue weighted by Gasteiger charge is 2.08. The van der Waals surface area contributed by atoms with Crippen molar-refractivity contribution in [2.24, 2.45) is 5.10 Å². The zero-order valence-electron chi connectivity index (χ0n) is 12.7. The number of hydrogen-bond acceptors (Lipinski definition) is 3. The third kappa shape index (κ3) is 5.58. The smallest absolute Gasteiger partial charge is 0.277 e. The Labute approximate surface area is 126 Å². The first-order valence-corrected chi connectivity index (χ1v) is 7.84. The Balaban J connectivity index is 1.73. The van der Waals surface area contributed by atoms with E-state index in [4.69, 9.17) is 4.74 Å². The summed E-state index contributed by atoms with van der Waals surface area (Å²) in [6, 6.07) is 7.90. The topological polar surface area (TPSA) is 50.7 Å². The van der Waals surface area contributed by atoms with Gasteiger partial charge in [-0.2, -0.15) is 5.10 Å². The van der Waals surface area contributed by atoms with Gasteiger partial charge in [0, 0.05) is 5.71 Å². The van der Waals surface area contributed by atoms with Crippen LogP contribution in [0, 0.1) is 0 Å². The Hall–Kier alpha value is -1.84. The molecule has 0 spiro atoms. The lowest BCUT2D eigenvalue weighted by molar-refractivity contribution is -0.123. The number of nitrogens with one attached hydrogen (secondary N) is 1. The average Bonchev–Trinajstić information content (AvgIpc) is 2.53. The number of benzene rings is 1. The molecule has 0 aliphatic heterocycles. The molecule has 0 atom stereocenters. The second-order valence-corrected chi connectivity index (χ2v) is 5.46. The van der Waals surface area contributed by atoms with Crippen LogP contribution in [0.4, 0.5) is 0 Å². The van der Waals surface area contributed by atoms with Gasteiger partial charge in [-0.25, -0.2) is 5.43 Å². The summed E-state index contributed by atoms with van der Waals surface area (Å²) in [5.74, 6) is 0.515. The molecule has 0 radical (unpaired) electrons. The molecule has 0 unspecified atom stereocenters. The summed E-state index contributed by atoms with van der Waals surface area (Å²) in [5, 5.41) is 4.17. The van der Waals surface area contributed by atoms with E-state index in [9.17, 15) is 4.79 Å². The van der Waals surface area contributed by atoms with E-state index in [2.05, 4.69) is 17.5 Å². The van der Waals surface area contributed by atoms with E-state index in [1.807, 2.05) is 24.3 Å². The molecule has 2 rings (SSSR count). The van der Waals surface area contributed by atoms with Crippen LogP contribution in [0.1, 0.15) is 51.0 Å². The van der Waals surface area contributed by atoms with Gasteiger partial charge >= 0.3 is 0 Å². The predicted octanol–water partition coefficient (Wildman–Crippen LogP) is 3.45. The largest absolute Gasteiger partial charge is 0.484 e. The summed E-state index contributed by atoms with van der Waals surface area (Å²) < 4.78 is 5.46. The second-order valence-electron chi connectivity index (χ2n) is 5.46. The van der Waals surface area contributed by atoms with Crippen molar-refractivity contribution in [2.75, 3.05) is 6.61 Å². The minimum Gasteiger partial charge on any atom is -0.484 e. The van der Waals surface area contributed by atoms with Gasteiger partial charge < -0.3 is 4.74 Å². The summed E-state index contributed by atoms with van der Waals surface area (Å²) >= 11 is 0. The SMILES string of the molecule is CCCc1ccc(OCC(=O)NN=C2CCCCC2)cc1. The fraction of sp³-hybridized carbons (Fsp3) is 0.529. The van der Waals surface area contributed by atoms with Gasteiger partial charge in [-0.15, -0.1) is 0 Å². The molecule has 114 valence electrons. The zero-order valence-corrected chi connectivity index (χ0v) is 12.7. The van der Waals surface area contributed by atoms with E-state index < -0.39 is 0 Å². The first-order chi connectivity index (χ1) is 10.3. The van der Waals surface area contributed by atoms with Crippen LogP contribution >= 0.6 is 0 Å². The zero-order chi connectivity index (χ0) is 14.9. The lowest BCUT2D eigenvalue weighted by Crippen LogP contribution is -2.26. The fourth-order valence-electron chi connectivity index (χ4n) is 2.44. The van der Waals surface area contributed by atoms with Gasteiger partial charge in [0.2, 0.25) is 0 Å². The standard InChI is InChI=1S/C17H24N2O2/c1-2-6-14-9-11-16(12-10-14)21-13-17(20)19-18-15-7-4-3-5-8-15/h9-12H,2-8,13H2,1H3,(H,19,20). The van der Waals surface area contributed by atoms with Gasteiger partial charge in [0.05, 0.1) is 0 Å². The van der Waals surface area contributed by atoms with Crippen LogP contribution in [-0.4, -0.2) is 18.2 Å². The third-order valence-corrected chi connectivity index (χ3v) is 3.60. The van der Waals surface area contributed by atoms with E-state index in [-0.39, 0.29) is 12.5 Å². The van der Waals surface area contributed by atoms with E-state index in [0.29, 0.717) is 0 Å². The van der Waals surface area contributed by atoms with Crippen LogP contribution in [0.25, 0.3) is 0 Å². The van der Waals surface area contributed by atoms with Crippen molar-refractivity contribution >= 4 is 11.6 Å². The highest BCUT2D eigenvalue weighted by molar-refractivity contribution is 5.87. The Morgan fingerprint density at radius 2 is 1.90 bits per heavy atom. The van der Waals surface area contributed by atoms with Crippen LogP contribution in [0.5, 0.6) is 5.75 Å². The number of rotatable bonds is 6. The predicted molar refractivity (Wildman–Crippen MR) is 84.6 cm³/mol. The first-order valence-electron chi connectivity index (χ1n) is 7.84. The molecule has 1 aliphatic rings. The minimum atomic E-state index is -0.203. The molecular weight excluding hydrogens is 264 g/mol. The molecule has 0 saturated heterocycles. The summed E-state index contributed by atoms with van der Waals surface area (Å²) in [6.07, 6.45) is 7.82. The van der Waals surface area contributed by atoms with Crippen molar-refractivity contribution in [3.8, 4) is 5.75 Å². The Kier molecular flexibility index (Phi) is 6.25. The van der Waals surface area contributed by atoms with Crippen molar-refractivity contribution in [2.45, 2.75) is 51.9 Å². The van der Waals surface area contributed by atoms with Crippen LogP contribution in [0.3, 0.4) is 0 Å². The fourth-order valence-corrected chi connectivity index (χ4v) is 2.44. The lowest BCUT2D eigenvalue weighted by atomic mass is 9.99. The van der Waals surface area contributed by atoms with Gasteiger partial charge in [0.15, 0.2) is 6.61 Å². The molecule has 4 nitrogen and oxygen atoms in total. The van der Waals surface area contributed by atoms with Crippen LogP contribution < -0.4 is 10.2 Å². The monoisotopic (exact) mass is 288 g/mol. The van der Waals surface area contributed by atoms with E-state index in [1.165, 1.54) is 24.8 Å². The van der Waals surface area contributed by atoms with Crippen LogP contribution in [-0.2, 0) is 11.2 Å². The molecule has 1 saturated carbocycles. The molecule has 1 N–H and O–H groups in total. The van der Waals surface area contributed by atoms with Crippen LogP contribution in [0.15, 0.2) is 29.4 Å². The molecule has 4 heteroatoms. The van der Waals surface area contributed by atoms with Crippen molar-refractivity contribution in [1.82, 2.24) is 5.43 Å². The summed E-state index contributed by atoms with van der Waals surface area (Å²) in [7, 11) is 0. The molecule has 1 aromatic carbocycles. The molecule has 1 aliphatic carbocycles. The van der Waals surface area contributed by atoms with E-state index in [0.717, 1.165) is 37.1 Å². The number of amides is 1. The quantitative estimate of drug-likeness (QED) is 0.815. The number of carbonyl (C=O) groups excluding carboxylic acids is 1. The number of aryl methyl sites for hydroxylation is 1. The van der Waals surface area contributed by atoms with E-state index in [1.54, 1.807) is 0 Å². The highest BCUT2D eigenvalue weighted by Crippen LogP contribution is 2.14. The number of hydrogen-bond donors (Lipinski definition) is 1. The number of hydrazone groups is 1. The van der Waals surface area contributed by atoms with Gasteiger partial charge in [0.25, 0.3) is 5.91 Å². The van der Waals surface area contributed by atoms with E-state index >= 15 is 0 Å². The molecule has 0 bridgehead atoms. The van der Waals surface area contributed by atoms with Crippen LogP contribution in [0.2, 0.25) is 0 Å². The lowest BCUT2D eigenvalue weighted by Gasteiger charge is -2.12. The average molecular weight is 288 g/mol. The normalized spacial score (nSPS) is 14.6. The molecule has 1 aromatic rings. The molecule has 0 aromatic heterocycles. The Morgan fingerprint density at radius 1 is 1.19 bits per heavy atom. The maximum atomic E-state index is 11.7. The van der Waals surface area contributed by atoms with Crippen molar-refractivity contribution in [3.63, 3.8) is 0 Å². The van der Waals surface area contributed by atoms with Crippen molar-refractivity contribution < 1.29 is 9.53 Å². The maximum absolute atomic E-state index is 11.7. The molecule has 21 heavy (non-hydrogen) atoms. The van der Waals surface area contributed by atoms with Crippen molar-refractivity contribution in [1.29, 1.82) is 0 Å². The number of carbonyl (C=O) groups is 1. The number of ether oxygens (including phenoxy) is 1. The summed E-state index contributed by atoms with van der Waals surface area (Å²) in [6.45, 7) is 2.16. The van der Waals surface area contributed by atoms with Gasteiger partial charge in [0.1, 0.15) is 5.75 Å². The van der Waals surface area contributed by atoms with Gasteiger partial charge in [-0.3, -0.25) is 4.79 Å². The minimum absolute atomic E-state index is 0.00387. The molecule has 0 heterocycles. The second kappa shape index (κ2) is 8.45. The Morgan fingerprint density at radius 3 is 2.57 bits per heavy atom. The van der Waals surface area contributed by atoms with Gasteiger partial charge in [-0.05, 0) is 49.8 Å². The molecule has 1 amide bonds. The van der Waals surface area contributed by atoms with Gasteiger partial charge in [-0.1, -0.05) is 31.9 Å². The maximum Gasteiger partial charge on any atom is 0.277 e.